The monoisotopic (exact) mass is 370 g/mol. The van der Waals surface area contributed by atoms with Crippen LogP contribution in [0.25, 0.3) is 0 Å². The second-order valence-corrected chi connectivity index (χ2v) is 6.82. The maximum atomic E-state index is 5.73. The van der Waals surface area contributed by atoms with Crippen LogP contribution in [-0.2, 0) is 6.42 Å². The molecule has 0 aliphatic heterocycles. The van der Waals surface area contributed by atoms with Crippen molar-refractivity contribution in [2.45, 2.75) is 50.2 Å². The van der Waals surface area contributed by atoms with E-state index < -0.39 is 0 Å². The Kier molecular flexibility index (Phi) is 6.35. The number of benzene rings is 1. The Bertz CT molecular complexity index is 409. The molecule has 0 aliphatic carbocycles. The maximum Gasteiger partial charge on any atom is 0.201 e. The Balaban J connectivity index is 2.95. The highest BCUT2D eigenvalue weighted by atomic mass is 127. The molecule has 0 heterocycles. The predicted molar refractivity (Wildman–Crippen MR) is 92.2 cm³/mol. The van der Waals surface area contributed by atoms with E-state index in [0.717, 1.165) is 17.4 Å². The molecule has 0 spiro atoms. The normalized spacial score (nSPS) is 13.6. The highest BCUT2D eigenvalue weighted by Gasteiger charge is 2.39. The molecule has 19 heavy (non-hydrogen) atoms. The summed E-state index contributed by atoms with van der Waals surface area (Å²) in [7, 11) is 0. The van der Waals surface area contributed by atoms with Crippen molar-refractivity contribution in [2.75, 3.05) is 6.54 Å². The van der Waals surface area contributed by atoms with Crippen molar-refractivity contribution in [3.8, 4) is 12.3 Å². The van der Waals surface area contributed by atoms with E-state index in [4.69, 9.17) is 6.42 Å². The fourth-order valence-electron chi connectivity index (χ4n) is 2.86. The Hall–Kier alpha value is -0.530. The van der Waals surface area contributed by atoms with Crippen molar-refractivity contribution in [3.63, 3.8) is 0 Å². The fraction of sp³-hybridized carbons (Fsp3) is 0.529. The molecule has 0 aromatic heterocycles. The van der Waals surface area contributed by atoms with Gasteiger partial charge < -0.3 is 0 Å². The molecule has 0 saturated heterocycles. The van der Waals surface area contributed by atoms with Crippen molar-refractivity contribution in [1.29, 1.82) is 0 Å². The van der Waals surface area contributed by atoms with Gasteiger partial charge in [0.1, 0.15) is 0 Å². The Morgan fingerprint density at radius 2 is 1.63 bits per heavy atom. The molecule has 1 atom stereocenters. The molecule has 0 radical (unpaired) electrons. The second-order valence-electron chi connectivity index (χ2n) is 5.64. The summed E-state index contributed by atoms with van der Waals surface area (Å²) in [6.45, 7) is 10.2. The third kappa shape index (κ3) is 3.73. The van der Waals surface area contributed by atoms with Crippen molar-refractivity contribution in [3.05, 3.63) is 35.9 Å². The van der Waals surface area contributed by atoms with Crippen molar-refractivity contribution in [2.24, 2.45) is 0 Å². The van der Waals surface area contributed by atoms with Crippen LogP contribution in [0.4, 0.5) is 0 Å². The molecular weight excluding hydrogens is 345 g/mol. The molecule has 0 fully saturated rings. The first-order chi connectivity index (χ1) is 8.95. The van der Waals surface area contributed by atoms with Crippen molar-refractivity contribution >= 4 is 22.6 Å². The summed E-state index contributed by atoms with van der Waals surface area (Å²) in [5.74, 6) is 2.96. The predicted octanol–water partition coefficient (Wildman–Crippen LogP) is 4.26. The zero-order valence-corrected chi connectivity index (χ0v) is 14.6. The number of quaternary nitrogens is 1. The van der Waals surface area contributed by atoms with Gasteiger partial charge >= 0.3 is 0 Å². The van der Waals surface area contributed by atoms with Crippen LogP contribution in [0.2, 0.25) is 0 Å². The third-order valence-electron chi connectivity index (χ3n) is 4.11. The zero-order valence-electron chi connectivity index (χ0n) is 12.4. The number of hydrogen-bond acceptors (Lipinski definition) is 0. The highest BCUT2D eigenvalue weighted by Crippen LogP contribution is 2.28. The van der Waals surface area contributed by atoms with E-state index in [2.05, 4.69) is 86.5 Å². The molecule has 1 unspecified atom stereocenters. The summed E-state index contributed by atoms with van der Waals surface area (Å²) in [5.41, 5.74) is 1.40. The molecule has 0 amide bonds. The van der Waals surface area contributed by atoms with Crippen LogP contribution >= 0.6 is 22.6 Å². The molecular formula is C17H25IN+. The van der Waals surface area contributed by atoms with Crippen LogP contribution in [0.1, 0.15) is 33.3 Å². The van der Waals surface area contributed by atoms with Crippen LogP contribution in [0, 0.1) is 12.3 Å². The van der Waals surface area contributed by atoms with Gasteiger partial charge in [-0.15, -0.1) is 6.42 Å². The number of terminal acetylenes is 1. The van der Waals surface area contributed by atoms with Gasteiger partial charge in [0.05, 0.1) is 18.6 Å². The van der Waals surface area contributed by atoms with Crippen molar-refractivity contribution in [1.82, 2.24) is 0 Å². The summed E-state index contributed by atoms with van der Waals surface area (Å²) >= 11 is 2.43. The number of rotatable bonds is 6. The third-order valence-corrected chi connectivity index (χ3v) is 5.51. The molecule has 0 bridgehead atoms. The van der Waals surface area contributed by atoms with E-state index in [1.807, 2.05) is 0 Å². The molecule has 104 valence electrons. The number of alkyl halides is 1. The van der Waals surface area contributed by atoms with E-state index in [1.165, 1.54) is 5.56 Å². The lowest BCUT2D eigenvalue weighted by Gasteiger charge is -2.47. The minimum atomic E-state index is 0.223. The second kappa shape index (κ2) is 7.31. The smallest absolute Gasteiger partial charge is 0.201 e. The summed E-state index contributed by atoms with van der Waals surface area (Å²) in [5, 5.41) is 0. The minimum absolute atomic E-state index is 0.223. The van der Waals surface area contributed by atoms with Gasteiger partial charge in [-0.1, -0.05) is 30.3 Å². The number of nitrogens with zero attached hydrogens (tertiary/aromatic N) is 1. The highest BCUT2D eigenvalue weighted by molar-refractivity contribution is 14.1. The van der Waals surface area contributed by atoms with Crippen molar-refractivity contribution < 1.29 is 4.48 Å². The van der Waals surface area contributed by atoms with Crippen LogP contribution < -0.4 is 0 Å². The van der Waals surface area contributed by atoms with E-state index in [9.17, 15) is 0 Å². The Morgan fingerprint density at radius 3 is 2.05 bits per heavy atom. The minimum Gasteiger partial charge on any atom is -0.299 e. The maximum absolute atomic E-state index is 5.73. The number of halogens is 1. The average Bonchev–Trinajstić information content (AvgIpc) is 2.39. The summed E-state index contributed by atoms with van der Waals surface area (Å²) in [6.07, 6.45) is 6.81. The summed E-state index contributed by atoms with van der Waals surface area (Å²) in [4.78, 5) is 0. The topological polar surface area (TPSA) is 0 Å². The van der Waals surface area contributed by atoms with Gasteiger partial charge in [0.2, 0.25) is 4.05 Å². The molecule has 0 N–H and O–H groups in total. The van der Waals surface area contributed by atoms with E-state index in [-0.39, 0.29) is 4.05 Å². The van der Waals surface area contributed by atoms with Gasteiger partial charge in [-0.2, -0.15) is 0 Å². The van der Waals surface area contributed by atoms with E-state index in [1.54, 1.807) is 0 Å². The van der Waals surface area contributed by atoms with Crippen LogP contribution in [0.3, 0.4) is 0 Å². The summed E-state index contributed by atoms with van der Waals surface area (Å²) < 4.78 is 1.20. The molecule has 1 rings (SSSR count). The lowest BCUT2D eigenvalue weighted by molar-refractivity contribution is -0.965. The average molecular weight is 370 g/mol. The first kappa shape index (κ1) is 16.5. The van der Waals surface area contributed by atoms with Gasteiger partial charge in [0.15, 0.2) is 0 Å². The summed E-state index contributed by atoms with van der Waals surface area (Å²) in [6, 6.07) is 11.7. The lowest BCUT2D eigenvalue weighted by atomic mass is 10.1. The standard InChI is InChI=1S/C17H25IN/c1-6-17(18)19(14(2)3,15(4)5)13-12-16-10-8-7-9-11-16/h1,7-11,14-15,17H,12-13H2,2-5H3/q+1. The lowest BCUT2D eigenvalue weighted by Crippen LogP contribution is -2.62. The largest absolute Gasteiger partial charge is 0.299 e. The number of hydrogen-bond donors (Lipinski definition) is 0. The Labute approximate surface area is 132 Å². The zero-order chi connectivity index (χ0) is 14.5. The van der Waals surface area contributed by atoms with E-state index in [0.29, 0.717) is 12.1 Å². The molecule has 2 heteroatoms. The first-order valence-electron chi connectivity index (χ1n) is 6.96. The van der Waals surface area contributed by atoms with E-state index >= 15 is 0 Å². The van der Waals surface area contributed by atoms with Gasteiger partial charge in [0.25, 0.3) is 0 Å². The molecule has 1 nitrogen and oxygen atoms in total. The molecule has 0 aliphatic rings. The van der Waals surface area contributed by atoms with Gasteiger partial charge in [-0.05, 0) is 39.2 Å². The molecule has 1 aromatic rings. The quantitative estimate of drug-likeness (QED) is 0.231. The van der Waals surface area contributed by atoms with Gasteiger partial charge in [-0.3, -0.25) is 4.48 Å². The first-order valence-corrected chi connectivity index (χ1v) is 8.21. The molecule has 0 saturated carbocycles. The van der Waals surface area contributed by atoms with Crippen LogP contribution in [0.5, 0.6) is 0 Å². The SMILES string of the molecule is C#CC(I)[N+](CCc1ccccc1)(C(C)C)C(C)C. The van der Waals surface area contributed by atoms with Crippen LogP contribution in [0.15, 0.2) is 30.3 Å². The fourth-order valence-corrected chi connectivity index (χ4v) is 4.42. The van der Waals surface area contributed by atoms with Gasteiger partial charge in [-0.25, -0.2) is 0 Å². The van der Waals surface area contributed by atoms with Gasteiger partial charge in [0, 0.05) is 29.0 Å². The van der Waals surface area contributed by atoms with Crippen LogP contribution in [-0.4, -0.2) is 27.2 Å². The Morgan fingerprint density at radius 1 is 1.11 bits per heavy atom. The molecule has 1 aromatic carbocycles.